The zero-order valence-electron chi connectivity index (χ0n) is 13.7. The largest absolute Gasteiger partial charge is 0.465 e. The van der Waals surface area contributed by atoms with Gasteiger partial charge in [0.15, 0.2) is 5.11 Å². The van der Waals surface area contributed by atoms with Crippen LogP contribution in [0.15, 0.2) is 0 Å². The van der Waals surface area contributed by atoms with Crippen LogP contribution in [0.4, 0.5) is 5.00 Å². The van der Waals surface area contributed by atoms with Gasteiger partial charge in [0.2, 0.25) is 0 Å². The van der Waals surface area contributed by atoms with E-state index in [2.05, 4.69) is 17.6 Å². The number of fused-ring (bicyclic) bond motifs is 1. The zero-order chi connectivity index (χ0) is 16.4. The van der Waals surface area contributed by atoms with Crippen molar-refractivity contribution >= 4 is 39.6 Å². The number of ether oxygens (including phenoxy) is 1. The van der Waals surface area contributed by atoms with Gasteiger partial charge in [-0.15, -0.1) is 11.3 Å². The summed E-state index contributed by atoms with van der Waals surface area (Å²) in [4.78, 5) is 13.5. The molecule has 0 unspecified atom stereocenters. The number of esters is 1. The molecule has 2 aliphatic carbocycles. The first-order chi connectivity index (χ1) is 11.1. The van der Waals surface area contributed by atoms with E-state index < -0.39 is 0 Å². The second kappa shape index (κ2) is 7.18. The fourth-order valence-electron chi connectivity index (χ4n) is 3.65. The van der Waals surface area contributed by atoms with Crippen LogP contribution in [0.5, 0.6) is 0 Å². The Hall–Kier alpha value is -1.14. The van der Waals surface area contributed by atoms with E-state index in [1.54, 1.807) is 11.3 Å². The topological polar surface area (TPSA) is 50.4 Å². The van der Waals surface area contributed by atoms with Gasteiger partial charge in [0.25, 0.3) is 0 Å². The molecule has 2 aliphatic rings. The van der Waals surface area contributed by atoms with E-state index in [9.17, 15) is 4.79 Å². The molecule has 0 amide bonds. The monoisotopic (exact) mass is 352 g/mol. The Labute approximate surface area is 147 Å². The van der Waals surface area contributed by atoms with Gasteiger partial charge in [0.1, 0.15) is 5.00 Å². The lowest BCUT2D eigenvalue weighted by molar-refractivity contribution is 0.0601. The standard InChI is InChI=1S/C17H24N2O2S2/c1-10-6-3-4-8-12(10)18-17(22)19-15-14(16(20)21-2)11-7-5-9-13(11)23-15/h10,12H,3-9H2,1-2H3,(H2,18,19,22)/t10-,12+/m1/s1. The number of anilines is 1. The minimum atomic E-state index is -0.263. The predicted octanol–water partition coefficient (Wildman–Crippen LogP) is 3.89. The van der Waals surface area contributed by atoms with Gasteiger partial charge in [-0.1, -0.05) is 19.8 Å². The van der Waals surface area contributed by atoms with Crippen molar-refractivity contribution in [2.45, 2.75) is 57.9 Å². The van der Waals surface area contributed by atoms with Gasteiger partial charge in [-0.25, -0.2) is 4.79 Å². The number of nitrogens with one attached hydrogen (secondary N) is 2. The molecular formula is C17H24N2O2S2. The number of hydrogen-bond donors (Lipinski definition) is 2. The molecule has 2 atom stereocenters. The quantitative estimate of drug-likeness (QED) is 0.638. The number of methoxy groups -OCH3 is 1. The summed E-state index contributed by atoms with van der Waals surface area (Å²) in [5.74, 6) is 0.373. The van der Waals surface area contributed by atoms with E-state index >= 15 is 0 Å². The Bertz CT molecular complexity index is 612. The molecular weight excluding hydrogens is 328 g/mol. The molecule has 126 valence electrons. The van der Waals surface area contributed by atoms with E-state index in [1.165, 1.54) is 31.2 Å². The van der Waals surface area contributed by atoms with E-state index in [4.69, 9.17) is 17.0 Å². The zero-order valence-corrected chi connectivity index (χ0v) is 15.4. The van der Waals surface area contributed by atoms with Crippen molar-refractivity contribution in [3.8, 4) is 0 Å². The summed E-state index contributed by atoms with van der Waals surface area (Å²) >= 11 is 7.14. The minimum Gasteiger partial charge on any atom is -0.465 e. The molecule has 0 aromatic carbocycles. The maximum Gasteiger partial charge on any atom is 0.341 e. The van der Waals surface area contributed by atoms with E-state index in [0.29, 0.717) is 22.6 Å². The van der Waals surface area contributed by atoms with Gasteiger partial charge in [-0.2, -0.15) is 0 Å². The molecule has 6 heteroatoms. The molecule has 3 rings (SSSR count). The average Bonchev–Trinajstić information content (AvgIpc) is 3.09. The van der Waals surface area contributed by atoms with Crippen molar-refractivity contribution in [1.29, 1.82) is 0 Å². The Kier molecular flexibility index (Phi) is 5.21. The summed E-state index contributed by atoms with van der Waals surface area (Å²) in [7, 11) is 1.44. The normalized spacial score (nSPS) is 23.2. The molecule has 0 saturated heterocycles. The number of aryl methyl sites for hydroxylation is 1. The smallest absolute Gasteiger partial charge is 0.341 e. The maximum atomic E-state index is 12.2. The van der Waals surface area contributed by atoms with Crippen molar-refractivity contribution in [2.24, 2.45) is 5.92 Å². The lowest BCUT2D eigenvalue weighted by Gasteiger charge is -2.30. The van der Waals surface area contributed by atoms with Crippen LogP contribution >= 0.6 is 23.6 Å². The molecule has 0 aliphatic heterocycles. The summed E-state index contributed by atoms with van der Waals surface area (Å²) < 4.78 is 4.97. The Morgan fingerprint density at radius 2 is 2.04 bits per heavy atom. The van der Waals surface area contributed by atoms with Gasteiger partial charge in [-0.05, 0) is 55.8 Å². The predicted molar refractivity (Wildman–Crippen MR) is 98.5 cm³/mol. The molecule has 1 fully saturated rings. The fraction of sp³-hybridized carbons (Fsp3) is 0.647. The number of hydrogen-bond acceptors (Lipinski definition) is 4. The Morgan fingerprint density at radius 3 is 2.78 bits per heavy atom. The third-order valence-electron chi connectivity index (χ3n) is 4.97. The average molecular weight is 353 g/mol. The number of thiophene rings is 1. The van der Waals surface area contributed by atoms with E-state index in [1.807, 2.05) is 0 Å². The number of rotatable bonds is 3. The van der Waals surface area contributed by atoms with Gasteiger partial charge < -0.3 is 15.4 Å². The summed E-state index contributed by atoms with van der Waals surface area (Å²) in [6, 6.07) is 0.428. The highest BCUT2D eigenvalue weighted by Crippen LogP contribution is 2.39. The Balaban J connectivity index is 1.72. The third-order valence-corrected chi connectivity index (χ3v) is 6.39. The highest BCUT2D eigenvalue weighted by atomic mass is 32.1. The molecule has 23 heavy (non-hydrogen) atoms. The Morgan fingerprint density at radius 1 is 1.26 bits per heavy atom. The van der Waals surface area contributed by atoms with Crippen LogP contribution in [-0.4, -0.2) is 24.2 Å². The van der Waals surface area contributed by atoms with Crippen molar-refractivity contribution in [2.75, 3.05) is 12.4 Å². The molecule has 1 heterocycles. The molecule has 1 saturated carbocycles. The molecule has 4 nitrogen and oxygen atoms in total. The highest BCUT2D eigenvalue weighted by molar-refractivity contribution is 7.80. The van der Waals surface area contributed by atoms with Crippen LogP contribution in [0, 0.1) is 5.92 Å². The number of thiocarbonyl (C=S) groups is 1. The lowest BCUT2D eigenvalue weighted by Crippen LogP contribution is -2.43. The SMILES string of the molecule is COC(=O)c1c(NC(=S)N[C@H]2CCCC[C@H]2C)sc2c1CCC2. The third kappa shape index (κ3) is 3.53. The van der Waals surface area contributed by atoms with Crippen LogP contribution in [0.1, 0.15) is 59.8 Å². The van der Waals surface area contributed by atoms with Gasteiger partial charge in [-0.3, -0.25) is 0 Å². The molecule has 1 aromatic heterocycles. The van der Waals surface area contributed by atoms with Gasteiger partial charge >= 0.3 is 5.97 Å². The first-order valence-electron chi connectivity index (χ1n) is 8.40. The second-order valence-electron chi connectivity index (χ2n) is 6.52. The van der Waals surface area contributed by atoms with Crippen molar-refractivity contribution < 1.29 is 9.53 Å². The van der Waals surface area contributed by atoms with E-state index in [-0.39, 0.29) is 5.97 Å². The molecule has 0 bridgehead atoms. The van der Waals surface area contributed by atoms with Crippen LogP contribution in [-0.2, 0) is 17.6 Å². The molecule has 0 spiro atoms. The first-order valence-corrected chi connectivity index (χ1v) is 9.63. The first kappa shape index (κ1) is 16.7. The lowest BCUT2D eigenvalue weighted by atomic mass is 9.86. The number of carbonyl (C=O) groups is 1. The maximum absolute atomic E-state index is 12.2. The van der Waals surface area contributed by atoms with Gasteiger partial charge in [0.05, 0.1) is 12.7 Å². The highest BCUT2D eigenvalue weighted by Gasteiger charge is 2.28. The van der Waals surface area contributed by atoms with Crippen LogP contribution in [0.3, 0.4) is 0 Å². The summed E-state index contributed by atoms with van der Waals surface area (Å²) in [6.45, 7) is 2.28. The number of carbonyl (C=O) groups excluding carboxylic acids is 1. The van der Waals surface area contributed by atoms with Crippen molar-refractivity contribution in [1.82, 2.24) is 5.32 Å². The van der Waals surface area contributed by atoms with E-state index in [0.717, 1.165) is 36.2 Å². The second-order valence-corrected chi connectivity index (χ2v) is 8.03. The van der Waals surface area contributed by atoms with Crippen LogP contribution in [0.2, 0.25) is 0 Å². The molecule has 1 aromatic rings. The summed E-state index contributed by atoms with van der Waals surface area (Å²) in [6.07, 6.45) is 8.10. The summed E-state index contributed by atoms with van der Waals surface area (Å²) in [5.41, 5.74) is 1.84. The summed E-state index contributed by atoms with van der Waals surface area (Å²) in [5, 5.41) is 8.16. The fourth-order valence-corrected chi connectivity index (χ4v) is 5.25. The minimum absolute atomic E-state index is 0.263. The molecule has 0 radical (unpaired) electrons. The van der Waals surface area contributed by atoms with Crippen LogP contribution in [0.25, 0.3) is 0 Å². The molecule has 2 N–H and O–H groups in total. The van der Waals surface area contributed by atoms with Crippen molar-refractivity contribution in [3.63, 3.8) is 0 Å². The van der Waals surface area contributed by atoms with Gasteiger partial charge in [0, 0.05) is 10.9 Å². The van der Waals surface area contributed by atoms with Crippen LogP contribution < -0.4 is 10.6 Å². The van der Waals surface area contributed by atoms with Crippen molar-refractivity contribution in [3.05, 3.63) is 16.0 Å².